The molecule has 0 radical (unpaired) electrons. The van der Waals surface area contributed by atoms with Crippen LogP contribution in [0.25, 0.3) is 0 Å². The molecule has 1 aromatic heterocycles. The molecule has 0 bridgehead atoms. The second kappa shape index (κ2) is 7.62. The van der Waals surface area contributed by atoms with Crippen LogP contribution in [-0.4, -0.2) is 34.5 Å². The molecular weight excluding hydrogens is 234 g/mol. The standard InChI is InChI=1S/C13H22ClN3/c1-4-7-11-10-12(14)16-13(15-11)8-9-17(5-2)6-3/h10H,4-9H2,1-3H3. The van der Waals surface area contributed by atoms with Crippen LogP contribution in [0.5, 0.6) is 0 Å². The minimum atomic E-state index is 0.568. The predicted molar refractivity (Wildman–Crippen MR) is 72.5 cm³/mol. The SMILES string of the molecule is CCCc1cc(Cl)nc(CCN(CC)CC)n1. The lowest BCUT2D eigenvalue weighted by molar-refractivity contribution is 0.305. The zero-order chi connectivity index (χ0) is 12.7. The van der Waals surface area contributed by atoms with Gasteiger partial charge in [-0.2, -0.15) is 0 Å². The molecule has 1 heterocycles. The normalized spacial score (nSPS) is 11.1. The Hall–Kier alpha value is -0.670. The van der Waals surface area contributed by atoms with Gasteiger partial charge in [0.25, 0.3) is 0 Å². The fourth-order valence-corrected chi connectivity index (χ4v) is 2.03. The molecule has 0 amide bonds. The Morgan fingerprint density at radius 2 is 1.82 bits per heavy atom. The van der Waals surface area contributed by atoms with Crippen LogP contribution in [0.3, 0.4) is 0 Å². The van der Waals surface area contributed by atoms with Crippen molar-refractivity contribution in [2.24, 2.45) is 0 Å². The Morgan fingerprint density at radius 3 is 2.41 bits per heavy atom. The molecule has 17 heavy (non-hydrogen) atoms. The quantitative estimate of drug-likeness (QED) is 0.702. The van der Waals surface area contributed by atoms with Crippen molar-refractivity contribution < 1.29 is 0 Å². The Morgan fingerprint density at radius 1 is 1.12 bits per heavy atom. The van der Waals surface area contributed by atoms with Gasteiger partial charge in [-0.25, -0.2) is 9.97 Å². The molecule has 0 saturated heterocycles. The molecular formula is C13H22ClN3. The van der Waals surface area contributed by atoms with Gasteiger partial charge in [0.15, 0.2) is 0 Å². The number of rotatable bonds is 7. The first kappa shape index (κ1) is 14.4. The summed E-state index contributed by atoms with van der Waals surface area (Å²) in [4.78, 5) is 11.2. The average molecular weight is 256 g/mol. The molecule has 96 valence electrons. The number of halogens is 1. The van der Waals surface area contributed by atoms with Crippen LogP contribution in [-0.2, 0) is 12.8 Å². The number of likely N-dealkylation sites (N-methyl/N-ethyl adjacent to an activating group) is 1. The monoisotopic (exact) mass is 255 g/mol. The summed E-state index contributed by atoms with van der Waals surface area (Å²) in [5.74, 6) is 0.868. The third-order valence-electron chi connectivity index (χ3n) is 2.85. The van der Waals surface area contributed by atoms with E-state index >= 15 is 0 Å². The van der Waals surface area contributed by atoms with E-state index in [0.717, 1.165) is 50.4 Å². The molecule has 0 aromatic carbocycles. The van der Waals surface area contributed by atoms with Crippen molar-refractivity contribution in [2.75, 3.05) is 19.6 Å². The minimum Gasteiger partial charge on any atom is -0.303 e. The first-order chi connectivity index (χ1) is 8.19. The van der Waals surface area contributed by atoms with Gasteiger partial charge in [0.2, 0.25) is 0 Å². The molecule has 0 aliphatic heterocycles. The number of hydrogen-bond acceptors (Lipinski definition) is 3. The van der Waals surface area contributed by atoms with Crippen molar-refractivity contribution in [2.45, 2.75) is 40.0 Å². The van der Waals surface area contributed by atoms with Crippen LogP contribution in [0.4, 0.5) is 0 Å². The van der Waals surface area contributed by atoms with E-state index in [9.17, 15) is 0 Å². The lowest BCUT2D eigenvalue weighted by Gasteiger charge is -2.17. The first-order valence-electron chi connectivity index (χ1n) is 6.44. The molecule has 0 N–H and O–H groups in total. The maximum atomic E-state index is 6.00. The number of aryl methyl sites for hydroxylation is 1. The summed E-state index contributed by atoms with van der Waals surface area (Å²) >= 11 is 6.00. The van der Waals surface area contributed by atoms with E-state index in [2.05, 4.69) is 35.6 Å². The molecule has 1 rings (SSSR count). The minimum absolute atomic E-state index is 0.568. The number of aromatic nitrogens is 2. The summed E-state index contributed by atoms with van der Waals surface area (Å²) in [6.07, 6.45) is 2.93. The summed E-state index contributed by atoms with van der Waals surface area (Å²) in [5, 5.41) is 0.568. The van der Waals surface area contributed by atoms with Gasteiger partial charge >= 0.3 is 0 Å². The largest absolute Gasteiger partial charge is 0.303 e. The smallest absolute Gasteiger partial charge is 0.133 e. The van der Waals surface area contributed by atoms with Crippen molar-refractivity contribution in [3.05, 3.63) is 22.7 Å². The molecule has 0 unspecified atom stereocenters. The van der Waals surface area contributed by atoms with Crippen LogP contribution < -0.4 is 0 Å². The van der Waals surface area contributed by atoms with Gasteiger partial charge in [0, 0.05) is 18.7 Å². The second-order valence-corrected chi connectivity index (χ2v) is 4.51. The van der Waals surface area contributed by atoms with Gasteiger partial charge < -0.3 is 4.90 Å². The van der Waals surface area contributed by atoms with Gasteiger partial charge in [-0.05, 0) is 25.6 Å². The maximum Gasteiger partial charge on any atom is 0.133 e. The van der Waals surface area contributed by atoms with E-state index in [0.29, 0.717) is 5.15 Å². The first-order valence-corrected chi connectivity index (χ1v) is 6.82. The third-order valence-corrected chi connectivity index (χ3v) is 3.04. The maximum absolute atomic E-state index is 6.00. The van der Waals surface area contributed by atoms with E-state index in [1.54, 1.807) is 0 Å². The van der Waals surface area contributed by atoms with Crippen LogP contribution in [0.2, 0.25) is 5.15 Å². The van der Waals surface area contributed by atoms with Crippen molar-refractivity contribution in [1.82, 2.24) is 14.9 Å². The second-order valence-electron chi connectivity index (χ2n) is 4.13. The van der Waals surface area contributed by atoms with Crippen LogP contribution in [0.15, 0.2) is 6.07 Å². The topological polar surface area (TPSA) is 29.0 Å². The summed E-state index contributed by atoms with van der Waals surface area (Å²) in [5.41, 5.74) is 1.06. The van der Waals surface area contributed by atoms with E-state index in [-0.39, 0.29) is 0 Å². The predicted octanol–water partition coefficient (Wildman–Crippen LogP) is 2.97. The van der Waals surface area contributed by atoms with Gasteiger partial charge in [-0.15, -0.1) is 0 Å². The number of nitrogens with zero attached hydrogens (tertiary/aromatic N) is 3. The zero-order valence-electron chi connectivity index (χ0n) is 11.0. The lowest BCUT2D eigenvalue weighted by Crippen LogP contribution is -2.26. The van der Waals surface area contributed by atoms with Gasteiger partial charge in [0.05, 0.1) is 0 Å². The third kappa shape index (κ3) is 5.00. The van der Waals surface area contributed by atoms with E-state index in [4.69, 9.17) is 11.6 Å². The highest BCUT2D eigenvalue weighted by atomic mass is 35.5. The average Bonchev–Trinajstić information content (AvgIpc) is 2.30. The molecule has 0 fully saturated rings. The highest BCUT2D eigenvalue weighted by Gasteiger charge is 2.05. The molecule has 0 spiro atoms. The van der Waals surface area contributed by atoms with Gasteiger partial charge in [-0.3, -0.25) is 0 Å². The Bertz CT molecular complexity index is 337. The zero-order valence-corrected chi connectivity index (χ0v) is 11.8. The summed E-state index contributed by atoms with van der Waals surface area (Å²) in [7, 11) is 0. The molecule has 0 saturated carbocycles. The van der Waals surface area contributed by atoms with Crippen molar-refractivity contribution >= 4 is 11.6 Å². The van der Waals surface area contributed by atoms with Crippen molar-refractivity contribution in [3.8, 4) is 0 Å². The van der Waals surface area contributed by atoms with Crippen LogP contribution in [0.1, 0.15) is 38.7 Å². The molecule has 0 aliphatic carbocycles. The lowest BCUT2D eigenvalue weighted by atomic mass is 10.2. The van der Waals surface area contributed by atoms with E-state index in [1.165, 1.54) is 0 Å². The summed E-state index contributed by atoms with van der Waals surface area (Å²) in [6.45, 7) is 9.62. The fourth-order valence-electron chi connectivity index (χ4n) is 1.81. The van der Waals surface area contributed by atoms with Crippen molar-refractivity contribution in [3.63, 3.8) is 0 Å². The summed E-state index contributed by atoms with van der Waals surface area (Å²) in [6, 6.07) is 1.87. The molecule has 1 aromatic rings. The highest BCUT2D eigenvalue weighted by Crippen LogP contribution is 2.09. The van der Waals surface area contributed by atoms with Gasteiger partial charge in [-0.1, -0.05) is 38.8 Å². The van der Waals surface area contributed by atoms with Gasteiger partial charge in [0.1, 0.15) is 11.0 Å². The molecule has 0 atom stereocenters. The molecule has 3 nitrogen and oxygen atoms in total. The Kier molecular flexibility index (Phi) is 6.45. The van der Waals surface area contributed by atoms with Crippen LogP contribution >= 0.6 is 11.6 Å². The molecule has 0 aliphatic rings. The molecule has 4 heteroatoms. The Balaban J connectivity index is 2.63. The van der Waals surface area contributed by atoms with E-state index in [1.807, 2.05) is 6.07 Å². The fraction of sp³-hybridized carbons (Fsp3) is 0.692. The van der Waals surface area contributed by atoms with E-state index < -0.39 is 0 Å². The summed E-state index contributed by atoms with van der Waals surface area (Å²) < 4.78 is 0. The number of hydrogen-bond donors (Lipinski definition) is 0. The van der Waals surface area contributed by atoms with Crippen LogP contribution in [0, 0.1) is 0 Å². The Labute approximate surface area is 109 Å². The van der Waals surface area contributed by atoms with Crippen molar-refractivity contribution in [1.29, 1.82) is 0 Å². The highest BCUT2D eigenvalue weighted by molar-refractivity contribution is 6.29.